The van der Waals surface area contributed by atoms with Crippen molar-refractivity contribution in [3.63, 3.8) is 0 Å². The molecule has 0 aliphatic heterocycles. The van der Waals surface area contributed by atoms with Gasteiger partial charge in [0.2, 0.25) is 0 Å². The Balaban J connectivity index is 1.52. The normalized spacial score (nSPS) is 11.0. The van der Waals surface area contributed by atoms with Crippen molar-refractivity contribution in [2.24, 2.45) is 0 Å². The van der Waals surface area contributed by atoms with Crippen LogP contribution in [0.2, 0.25) is 0 Å². The lowest BCUT2D eigenvalue weighted by Gasteiger charge is -2.15. The number of para-hydroxylation sites is 2. The first kappa shape index (κ1) is 21.6. The third-order valence-electron chi connectivity index (χ3n) is 5.12. The van der Waals surface area contributed by atoms with Crippen molar-refractivity contribution in [1.29, 1.82) is 0 Å². The molecule has 3 N–H and O–H groups in total. The zero-order chi connectivity index (χ0) is 22.3. The second kappa shape index (κ2) is 10.1. The van der Waals surface area contributed by atoms with E-state index in [9.17, 15) is 4.79 Å². The summed E-state index contributed by atoms with van der Waals surface area (Å²) in [5.74, 6) is -0.191. The van der Waals surface area contributed by atoms with Crippen LogP contribution in [0, 0.1) is 0 Å². The van der Waals surface area contributed by atoms with Crippen LogP contribution in [0.1, 0.15) is 25.3 Å². The number of anilines is 3. The second-order valence-corrected chi connectivity index (χ2v) is 7.57. The molecule has 0 spiro atoms. The number of nitrogens with two attached hydrogens (primary N) is 1. The smallest absolute Gasteiger partial charge is 0.305 e. The molecule has 1 heterocycles. The van der Waals surface area contributed by atoms with Crippen molar-refractivity contribution < 1.29 is 14.3 Å². The highest BCUT2D eigenvalue weighted by atomic mass is 16.5. The number of fused-ring (bicyclic) bond motifs is 2. The van der Waals surface area contributed by atoms with Crippen molar-refractivity contribution in [2.75, 3.05) is 24.3 Å². The third kappa shape index (κ3) is 5.15. The lowest BCUT2D eigenvalue weighted by molar-refractivity contribution is -0.143. The number of rotatable bonds is 9. The number of pyridine rings is 1. The number of nitrogen functional groups attached to an aromatic ring is 1. The number of carbonyl (C=O) groups is 1. The number of nitrogens with zero attached hydrogens (tertiary/aromatic N) is 1. The second-order valence-electron chi connectivity index (χ2n) is 7.57. The van der Waals surface area contributed by atoms with Crippen molar-refractivity contribution >= 4 is 44.8 Å². The number of benzene rings is 3. The minimum Gasteiger partial charge on any atom is -0.466 e. The van der Waals surface area contributed by atoms with E-state index in [1.54, 1.807) is 6.92 Å². The molecular weight excluding hydrogens is 402 g/mol. The topological polar surface area (TPSA) is 86.5 Å². The molecule has 0 atom stereocenters. The summed E-state index contributed by atoms with van der Waals surface area (Å²) in [5, 5.41) is 5.66. The summed E-state index contributed by atoms with van der Waals surface area (Å²) in [6.45, 7) is 3.11. The van der Waals surface area contributed by atoms with E-state index in [-0.39, 0.29) is 5.97 Å². The zero-order valence-electron chi connectivity index (χ0n) is 18.1. The molecule has 0 radical (unpaired) electrons. The van der Waals surface area contributed by atoms with Gasteiger partial charge in [0.05, 0.1) is 29.9 Å². The SMILES string of the molecule is CCOC(=O)CCCOCc1cc(N)cc(Nc2c3ccccc3nc3ccccc23)c1. The number of carbonyl (C=O) groups excluding carboxylic acids is 1. The summed E-state index contributed by atoms with van der Waals surface area (Å²) in [6, 6.07) is 22.0. The first-order chi connectivity index (χ1) is 15.6. The van der Waals surface area contributed by atoms with E-state index < -0.39 is 0 Å². The van der Waals surface area contributed by atoms with Crippen LogP contribution in [0.3, 0.4) is 0 Å². The summed E-state index contributed by atoms with van der Waals surface area (Å²) < 4.78 is 10.7. The Kier molecular flexibility index (Phi) is 6.82. The maximum atomic E-state index is 11.4. The minimum absolute atomic E-state index is 0.191. The van der Waals surface area contributed by atoms with Gasteiger partial charge in [-0.15, -0.1) is 0 Å². The lowest BCUT2D eigenvalue weighted by Crippen LogP contribution is -2.06. The van der Waals surface area contributed by atoms with E-state index >= 15 is 0 Å². The van der Waals surface area contributed by atoms with Gasteiger partial charge in [-0.05, 0) is 49.2 Å². The molecule has 0 aliphatic rings. The predicted molar refractivity (Wildman–Crippen MR) is 129 cm³/mol. The number of nitrogens with one attached hydrogen (secondary N) is 1. The summed E-state index contributed by atoms with van der Waals surface area (Å²) >= 11 is 0. The summed E-state index contributed by atoms with van der Waals surface area (Å²) in [7, 11) is 0. The predicted octanol–water partition coefficient (Wildman–Crippen LogP) is 5.57. The molecule has 6 nitrogen and oxygen atoms in total. The monoisotopic (exact) mass is 429 g/mol. The van der Waals surface area contributed by atoms with Crippen LogP contribution in [0.15, 0.2) is 66.7 Å². The van der Waals surface area contributed by atoms with E-state index in [1.165, 1.54) is 0 Å². The fraction of sp³-hybridized carbons (Fsp3) is 0.231. The molecule has 0 amide bonds. The Bertz CT molecular complexity index is 1190. The van der Waals surface area contributed by atoms with Gasteiger partial charge in [0.1, 0.15) is 0 Å². The Hall–Kier alpha value is -3.64. The Morgan fingerprint density at radius 3 is 2.38 bits per heavy atom. The maximum Gasteiger partial charge on any atom is 0.305 e. The van der Waals surface area contributed by atoms with Gasteiger partial charge in [-0.2, -0.15) is 0 Å². The molecule has 1 aromatic heterocycles. The van der Waals surface area contributed by atoms with Gasteiger partial charge in [0, 0.05) is 35.2 Å². The lowest BCUT2D eigenvalue weighted by atomic mass is 10.1. The zero-order valence-corrected chi connectivity index (χ0v) is 18.1. The molecule has 6 heteroatoms. The molecule has 0 saturated carbocycles. The summed E-state index contributed by atoms with van der Waals surface area (Å²) in [5.41, 5.74) is 11.5. The van der Waals surface area contributed by atoms with Crippen LogP contribution in [-0.2, 0) is 20.9 Å². The van der Waals surface area contributed by atoms with Crippen molar-refractivity contribution in [1.82, 2.24) is 4.98 Å². The van der Waals surface area contributed by atoms with E-state index in [4.69, 9.17) is 20.2 Å². The summed E-state index contributed by atoms with van der Waals surface area (Å²) in [4.78, 5) is 16.2. The first-order valence-electron chi connectivity index (χ1n) is 10.8. The Morgan fingerprint density at radius 2 is 1.69 bits per heavy atom. The van der Waals surface area contributed by atoms with Crippen molar-refractivity contribution in [2.45, 2.75) is 26.4 Å². The van der Waals surface area contributed by atoms with Gasteiger partial charge < -0.3 is 20.5 Å². The largest absolute Gasteiger partial charge is 0.466 e. The van der Waals surface area contributed by atoms with Crippen LogP contribution in [0.25, 0.3) is 21.8 Å². The maximum absolute atomic E-state index is 11.4. The number of esters is 1. The van der Waals surface area contributed by atoms with Gasteiger partial charge in [-0.3, -0.25) is 4.79 Å². The quantitative estimate of drug-likeness (QED) is 0.156. The molecule has 0 aliphatic carbocycles. The minimum atomic E-state index is -0.191. The number of ether oxygens (including phenoxy) is 2. The van der Waals surface area contributed by atoms with E-state index in [2.05, 4.69) is 17.4 Å². The number of aromatic nitrogens is 1. The van der Waals surface area contributed by atoms with Crippen LogP contribution < -0.4 is 11.1 Å². The molecule has 0 unspecified atom stereocenters. The van der Waals surface area contributed by atoms with E-state index in [0.29, 0.717) is 38.3 Å². The van der Waals surface area contributed by atoms with Gasteiger partial charge in [-0.25, -0.2) is 4.98 Å². The molecule has 3 aromatic carbocycles. The van der Waals surface area contributed by atoms with Gasteiger partial charge >= 0.3 is 5.97 Å². The highest BCUT2D eigenvalue weighted by Crippen LogP contribution is 2.33. The molecule has 4 aromatic rings. The molecular formula is C26H27N3O3. The molecule has 4 rings (SSSR count). The van der Waals surface area contributed by atoms with Crippen LogP contribution in [0.5, 0.6) is 0 Å². The van der Waals surface area contributed by atoms with E-state index in [1.807, 2.05) is 54.6 Å². The first-order valence-corrected chi connectivity index (χ1v) is 10.8. The summed E-state index contributed by atoms with van der Waals surface area (Å²) in [6.07, 6.45) is 0.987. The highest BCUT2D eigenvalue weighted by molar-refractivity contribution is 6.08. The average molecular weight is 430 g/mol. The highest BCUT2D eigenvalue weighted by Gasteiger charge is 2.10. The van der Waals surface area contributed by atoms with Crippen LogP contribution in [0.4, 0.5) is 17.1 Å². The Morgan fingerprint density at radius 1 is 1.00 bits per heavy atom. The van der Waals surface area contributed by atoms with Gasteiger partial charge in [0.15, 0.2) is 0 Å². The molecule has 164 valence electrons. The van der Waals surface area contributed by atoms with Gasteiger partial charge in [0.25, 0.3) is 0 Å². The molecule has 0 saturated heterocycles. The van der Waals surface area contributed by atoms with Crippen molar-refractivity contribution in [3.05, 3.63) is 72.3 Å². The fourth-order valence-corrected chi connectivity index (χ4v) is 3.73. The van der Waals surface area contributed by atoms with Crippen LogP contribution in [-0.4, -0.2) is 24.2 Å². The van der Waals surface area contributed by atoms with Gasteiger partial charge in [-0.1, -0.05) is 36.4 Å². The fourth-order valence-electron chi connectivity index (χ4n) is 3.73. The van der Waals surface area contributed by atoms with Crippen LogP contribution >= 0.6 is 0 Å². The third-order valence-corrected chi connectivity index (χ3v) is 5.12. The van der Waals surface area contributed by atoms with E-state index in [0.717, 1.165) is 38.7 Å². The number of hydrogen-bond acceptors (Lipinski definition) is 6. The van der Waals surface area contributed by atoms with Crippen molar-refractivity contribution in [3.8, 4) is 0 Å². The standard InChI is InChI=1S/C26H27N3O3/c1-2-32-25(30)12-7-13-31-17-18-14-19(27)16-20(15-18)28-26-21-8-3-5-10-23(21)29-24-11-6-4-9-22(24)26/h3-6,8-11,14-16H,2,7,12-13,17,27H2,1H3,(H,28,29). The Labute approximate surface area is 187 Å². The molecule has 32 heavy (non-hydrogen) atoms. The average Bonchev–Trinajstić information content (AvgIpc) is 2.78. The number of hydrogen-bond donors (Lipinski definition) is 2. The molecule has 0 fully saturated rings. The molecule has 0 bridgehead atoms.